The second-order valence-corrected chi connectivity index (χ2v) is 5.62. The Morgan fingerprint density at radius 1 is 1.29 bits per heavy atom. The summed E-state index contributed by atoms with van der Waals surface area (Å²) in [5, 5.41) is 22.8. The highest BCUT2D eigenvalue weighted by Gasteiger charge is 2.13. The SMILES string of the molecule is C/C=C/O.C=CCNC1C=CC=CC=C1C(=C)C#N.CNc1ccc(OC)cc1.[NH2+]=O. The van der Waals surface area contributed by atoms with E-state index >= 15 is 0 Å². The number of nitroso groups, excluding NO2 is 1. The van der Waals surface area contributed by atoms with Crippen LogP contribution in [-0.2, 0) is 0 Å². The lowest BCUT2D eigenvalue weighted by Crippen LogP contribution is -2.29. The van der Waals surface area contributed by atoms with Gasteiger partial charge in [0.15, 0.2) is 0 Å². The third-order valence-corrected chi connectivity index (χ3v) is 3.63. The fourth-order valence-electron chi connectivity index (χ4n) is 2.10. The molecule has 0 fully saturated rings. The van der Waals surface area contributed by atoms with Crippen LogP contribution in [0.15, 0.2) is 97.4 Å². The predicted octanol–water partition coefficient (Wildman–Crippen LogP) is 3.59. The summed E-state index contributed by atoms with van der Waals surface area (Å²) < 4.78 is 4.99. The molecule has 1 aliphatic rings. The number of nitrogens with two attached hydrogens (primary N) is 1. The third-order valence-electron chi connectivity index (χ3n) is 3.63. The molecule has 0 aliphatic heterocycles. The molecule has 166 valence electrons. The third kappa shape index (κ3) is 13.8. The summed E-state index contributed by atoms with van der Waals surface area (Å²) in [6.45, 7) is 9.83. The Hall–Kier alpha value is -3.89. The van der Waals surface area contributed by atoms with Crippen molar-refractivity contribution >= 4 is 5.69 Å². The number of aliphatic hydroxyl groups is 1. The van der Waals surface area contributed by atoms with Gasteiger partial charge in [0.05, 0.1) is 25.5 Å². The van der Waals surface area contributed by atoms with Crippen molar-refractivity contribution in [2.75, 3.05) is 26.0 Å². The Morgan fingerprint density at radius 2 is 1.90 bits per heavy atom. The lowest BCUT2D eigenvalue weighted by molar-refractivity contribution is -0.142. The minimum absolute atomic E-state index is 0.0325. The number of nitrogens with zero attached hydrogens (tertiary/aromatic N) is 1. The average molecular weight is 426 g/mol. The summed E-state index contributed by atoms with van der Waals surface area (Å²) in [6, 6.07) is 9.89. The van der Waals surface area contributed by atoms with E-state index in [-0.39, 0.29) is 6.04 Å². The Labute approximate surface area is 185 Å². The molecule has 0 amide bonds. The Bertz CT molecular complexity index is 761. The number of nitriles is 1. The summed E-state index contributed by atoms with van der Waals surface area (Å²) in [7, 11) is 3.55. The van der Waals surface area contributed by atoms with Crippen molar-refractivity contribution in [3.63, 3.8) is 0 Å². The first kappa shape index (κ1) is 29.3. The van der Waals surface area contributed by atoms with Crippen LogP contribution in [0.2, 0.25) is 0 Å². The molecule has 1 aliphatic carbocycles. The molecule has 1 aromatic carbocycles. The van der Waals surface area contributed by atoms with E-state index in [9.17, 15) is 0 Å². The molecular weight excluding hydrogens is 392 g/mol. The normalized spacial score (nSPS) is 13.4. The summed E-state index contributed by atoms with van der Waals surface area (Å²) in [6.07, 6.45) is 14.0. The maximum atomic E-state index is 8.84. The second kappa shape index (κ2) is 20.8. The summed E-state index contributed by atoms with van der Waals surface area (Å²) in [5.74, 6) is 0.888. The van der Waals surface area contributed by atoms with Crippen molar-refractivity contribution in [3.05, 3.63) is 102 Å². The van der Waals surface area contributed by atoms with E-state index in [1.807, 2.05) is 61.7 Å². The molecule has 2 rings (SSSR count). The van der Waals surface area contributed by atoms with Gasteiger partial charge in [0, 0.05) is 29.8 Å². The van der Waals surface area contributed by atoms with E-state index < -0.39 is 0 Å². The molecule has 7 heteroatoms. The fourth-order valence-corrected chi connectivity index (χ4v) is 2.10. The van der Waals surface area contributed by atoms with E-state index in [0.29, 0.717) is 12.1 Å². The molecule has 0 radical (unpaired) electrons. The molecule has 1 atom stereocenters. The van der Waals surface area contributed by atoms with Crippen LogP contribution in [0, 0.1) is 16.2 Å². The smallest absolute Gasteiger partial charge is 0.119 e. The molecule has 0 saturated carbocycles. The minimum atomic E-state index is 0.0325. The maximum Gasteiger partial charge on any atom is 0.119 e. The van der Waals surface area contributed by atoms with E-state index in [2.05, 4.69) is 35.5 Å². The van der Waals surface area contributed by atoms with Crippen LogP contribution in [0.5, 0.6) is 5.75 Å². The van der Waals surface area contributed by atoms with Gasteiger partial charge in [-0.2, -0.15) is 5.26 Å². The first-order valence-corrected chi connectivity index (χ1v) is 9.37. The van der Waals surface area contributed by atoms with Gasteiger partial charge in [-0.25, -0.2) is 0 Å². The summed E-state index contributed by atoms with van der Waals surface area (Å²) in [5.41, 5.74) is 5.75. The van der Waals surface area contributed by atoms with Crippen molar-refractivity contribution in [2.45, 2.75) is 13.0 Å². The molecule has 1 unspecified atom stereocenters. The number of allylic oxidation sites excluding steroid dienone is 5. The number of nitrogens with one attached hydrogen (secondary N) is 2. The quantitative estimate of drug-likeness (QED) is 0.314. The number of aliphatic hydroxyl groups excluding tert-OH is 1. The molecule has 5 N–H and O–H groups in total. The van der Waals surface area contributed by atoms with Gasteiger partial charge in [-0.15, -0.1) is 6.58 Å². The molecule has 0 spiro atoms. The van der Waals surface area contributed by atoms with Crippen LogP contribution >= 0.6 is 0 Å². The zero-order valence-corrected chi connectivity index (χ0v) is 18.4. The van der Waals surface area contributed by atoms with Gasteiger partial charge in [0.2, 0.25) is 0 Å². The molecule has 31 heavy (non-hydrogen) atoms. The van der Waals surface area contributed by atoms with Crippen LogP contribution in [0.4, 0.5) is 5.69 Å². The van der Waals surface area contributed by atoms with Crippen molar-refractivity contribution in [3.8, 4) is 11.8 Å². The van der Waals surface area contributed by atoms with Crippen LogP contribution in [0.1, 0.15) is 6.92 Å². The average Bonchev–Trinajstić information content (AvgIpc) is 3.09. The van der Waals surface area contributed by atoms with Crippen LogP contribution in [-0.4, -0.2) is 31.9 Å². The Kier molecular flexibility index (Phi) is 19.7. The first-order valence-electron chi connectivity index (χ1n) is 9.37. The Balaban J connectivity index is 0. The number of hydrogen-bond acceptors (Lipinski definition) is 6. The van der Waals surface area contributed by atoms with Gasteiger partial charge in [-0.3, -0.25) is 0 Å². The van der Waals surface area contributed by atoms with Gasteiger partial charge in [0.1, 0.15) is 5.75 Å². The molecule has 0 saturated heterocycles. The van der Waals surface area contributed by atoms with E-state index in [1.54, 1.807) is 26.2 Å². The van der Waals surface area contributed by atoms with Gasteiger partial charge >= 0.3 is 0 Å². The Morgan fingerprint density at radius 3 is 2.35 bits per heavy atom. The van der Waals surface area contributed by atoms with E-state index in [0.717, 1.165) is 23.3 Å². The lowest BCUT2D eigenvalue weighted by atomic mass is 10.0. The van der Waals surface area contributed by atoms with Crippen LogP contribution in [0.25, 0.3) is 0 Å². The minimum Gasteiger partial charge on any atom is -0.516 e. The number of hydrogen-bond donors (Lipinski definition) is 4. The predicted molar refractivity (Wildman–Crippen MR) is 128 cm³/mol. The van der Waals surface area contributed by atoms with Gasteiger partial charge < -0.3 is 20.5 Å². The van der Waals surface area contributed by atoms with Crippen LogP contribution < -0.4 is 21.0 Å². The molecule has 7 nitrogen and oxygen atoms in total. The maximum absolute atomic E-state index is 8.84. The zero-order chi connectivity index (χ0) is 23.9. The molecule has 0 bridgehead atoms. The number of ether oxygens (including phenoxy) is 1. The highest BCUT2D eigenvalue weighted by atomic mass is 16.5. The topological polar surface area (TPSA) is 120 Å². The summed E-state index contributed by atoms with van der Waals surface area (Å²) >= 11 is 0. The highest BCUT2D eigenvalue weighted by molar-refractivity contribution is 5.48. The number of rotatable bonds is 6. The highest BCUT2D eigenvalue weighted by Crippen LogP contribution is 2.16. The number of anilines is 1. The molecule has 0 aromatic heterocycles. The van der Waals surface area contributed by atoms with Crippen molar-refractivity contribution in [2.24, 2.45) is 0 Å². The van der Waals surface area contributed by atoms with Gasteiger partial charge in [-0.05, 0) is 42.4 Å². The van der Waals surface area contributed by atoms with E-state index in [1.165, 1.54) is 0 Å². The molecule has 0 heterocycles. The van der Waals surface area contributed by atoms with Crippen molar-refractivity contribution in [1.29, 1.82) is 5.26 Å². The molecule has 1 aromatic rings. The second-order valence-electron chi connectivity index (χ2n) is 5.62. The first-order chi connectivity index (χ1) is 15.1. The molecular formula is C24H33N4O3+. The standard InChI is InChI=1S/C13H14N2.C8H11NO.C3H6O.H2NO/c1-3-9-15-13-8-6-4-5-7-12(13)11(2)10-14;1-9-7-3-5-8(10-2)6-4-7;1-2-3-4;1-2/h3-8,13,15H,1-2,9H2;3-6,9H,1-2H3;2-4H,1H3;1H2/q;;;+1/b;;3-2+;. The lowest BCUT2D eigenvalue weighted by Gasteiger charge is -2.15. The van der Waals surface area contributed by atoms with E-state index in [4.69, 9.17) is 20.0 Å². The van der Waals surface area contributed by atoms with Gasteiger partial charge in [0.25, 0.3) is 0 Å². The number of benzene rings is 1. The van der Waals surface area contributed by atoms with Crippen LogP contribution in [0.3, 0.4) is 0 Å². The fraction of sp³-hybridized carbons (Fsp3) is 0.208. The van der Waals surface area contributed by atoms with Crippen molar-refractivity contribution < 1.29 is 15.4 Å². The number of methoxy groups -OCH3 is 1. The monoisotopic (exact) mass is 425 g/mol. The zero-order valence-electron chi connectivity index (χ0n) is 18.4. The van der Waals surface area contributed by atoms with Crippen molar-refractivity contribution in [1.82, 2.24) is 5.32 Å². The largest absolute Gasteiger partial charge is 0.516 e. The summed E-state index contributed by atoms with van der Waals surface area (Å²) in [4.78, 5) is 7.75. The van der Waals surface area contributed by atoms with Gasteiger partial charge in [-0.1, -0.05) is 49.1 Å².